The number of hydrogen-bond acceptors (Lipinski definition) is 4. The summed E-state index contributed by atoms with van der Waals surface area (Å²) in [5, 5.41) is 28.0. The topological polar surface area (TPSA) is 77.8 Å². The van der Waals surface area contributed by atoms with Crippen molar-refractivity contribution < 1.29 is 19.5 Å². The Kier molecular flexibility index (Phi) is 3.19. The smallest absolute Gasteiger partial charge is 0.135 e. The molecule has 1 unspecified atom stereocenters. The molecular formula is C12H12O4S. The predicted molar refractivity (Wildman–Crippen MR) is 64.2 cm³/mol. The van der Waals surface area contributed by atoms with Gasteiger partial charge < -0.3 is 15.3 Å². The van der Waals surface area contributed by atoms with Crippen LogP contribution in [-0.4, -0.2) is 19.5 Å². The average molecular weight is 252 g/mol. The van der Waals surface area contributed by atoms with Gasteiger partial charge in [0.15, 0.2) is 0 Å². The van der Waals surface area contributed by atoms with Crippen molar-refractivity contribution in [3.05, 3.63) is 41.0 Å². The van der Waals surface area contributed by atoms with Gasteiger partial charge >= 0.3 is 0 Å². The highest BCUT2D eigenvalue weighted by Crippen LogP contribution is 2.31. The first-order chi connectivity index (χ1) is 8.08. The predicted octanol–water partition coefficient (Wildman–Crippen LogP) is 2.33. The monoisotopic (exact) mass is 252 g/mol. The Bertz CT molecular complexity index is 531. The van der Waals surface area contributed by atoms with E-state index < -0.39 is 10.8 Å². The van der Waals surface area contributed by atoms with Crippen LogP contribution in [0.25, 0.3) is 0 Å². The van der Waals surface area contributed by atoms with E-state index >= 15 is 0 Å². The maximum absolute atomic E-state index is 12.1. The number of aliphatic hydroxyl groups excluding tert-OH is 1. The fourth-order valence-electron chi connectivity index (χ4n) is 1.57. The third kappa shape index (κ3) is 2.50. The van der Waals surface area contributed by atoms with Gasteiger partial charge in [0.05, 0.1) is 21.5 Å². The van der Waals surface area contributed by atoms with E-state index in [1.54, 1.807) is 6.08 Å². The zero-order valence-corrected chi connectivity index (χ0v) is 9.78. The first-order valence-corrected chi connectivity index (χ1v) is 6.25. The standard InChI is InChI=1S/C12H12O4S/c13-8-1-4-10(5-2-8)17(16)12-6-3-9(14)7-11(12)15/h1,3-4,6-7,13-15H,2,5H2. The molecule has 2 rings (SSSR count). The second kappa shape index (κ2) is 4.63. The summed E-state index contributed by atoms with van der Waals surface area (Å²) < 4.78 is 12.1. The van der Waals surface area contributed by atoms with E-state index in [0.29, 0.717) is 17.7 Å². The Labute approximate surface area is 101 Å². The van der Waals surface area contributed by atoms with Gasteiger partial charge in [-0.25, -0.2) is 4.21 Å². The molecule has 3 N–H and O–H groups in total. The number of hydrogen-bond donors (Lipinski definition) is 3. The van der Waals surface area contributed by atoms with Crippen molar-refractivity contribution in [2.24, 2.45) is 0 Å². The van der Waals surface area contributed by atoms with Crippen LogP contribution in [0.15, 0.2) is 45.9 Å². The van der Waals surface area contributed by atoms with Crippen LogP contribution >= 0.6 is 0 Å². The van der Waals surface area contributed by atoms with Crippen LogP contribution in [0.5, 0.6) is 11.5 Å². The third-order valence-electron chi connectivity index (χ3n) is 2.47. The van der Waals surface area contributed by atoms with Gasteiger partial charge in [-0.1, -0.05) is 0 Å². The van der Waals surface area contributed by atoms with Crippen molar-refractivity contribution >= 4 is 10.8 Å². The fraction of sp³-hybridized carbons (Fsp3) is 0.167. The molecule has 0 saturated heterocycles. The number of phenolic OH excluding ortho intramolecular Hbond substituents is 2. The Morgan fingerprint density at radius 1 is 1.06 bits per heavy atom. The molecule has 17 heavy (non-hydrogen) atoms. The van der Waals surface area contributed by atoms with Crippen molar-refractivity contribution in [1.29, 1.82) is 0 Å². The van der Waals surface area contributed by atoms with Gasteiger partial charge in [0.25, 0.3) is 0 Å². The molecule has 0 spiro atoms. The maximum Gasteiger partial charge on any atom is 0.135 e. The third-order valence-corrected chi connectivity index (χ3v) is 4.03. The summed E-state index contributed by atoms with van der Waals surface area (Å²) >= 11 is 0. The zero-order chi connectivity index (χ0) is 12.4. The normalized spacial score (nSPS) is 17.2. The Morgan fingerprint density at radius 2 is 1.82 bits per heavy atom. The summed E-state index contributed by atoms with van der Waals surface area (Å²) in [6.07, 6.45) is 4.06. The lowest BCUT2D eigenvalue weighted by molar-refractivity contribution is 0.387. The molecule has 90 valence electrons. The van der Waals surface area contributed by atoms with Crippen LogP contribution in [0.4, 0.5) is 0 Å². The van der Waals surface area contributed by atoms with Gasteiger partial charge in [-0.2, -0.15) is 0 Å². The Morgan fingerprint density at radius 3 is 2.41 bits per heavy atom. The van der Waals surface area contributed by atoms with E-state index in [1.165, 1.54) is 18.2 Å². The van der Waals surface area contributed by atoms with Crippen molar-refractivity contribution in [1.82, 2.24) is 0 Å². The largest absolute Gasteiger partial charge is 0.512 e. The molecule has 0 aliphatic heterocycles. The lowest BCUT2D eigenvalue weighted by Crippen LogP contribution is -2.00. The second-order valence-electron chi connectivity index (χ2n) is 3.71. The summed E-state index contributed by atoms with van der Waals surface area (Å²) in [5.74, 6) is 0.00194. The molecule has 5 heteroatoms. The molecule has 0 saturated carbocycles. The van der Waals surface area contributed by atoms with E-state index in [-0.39, 0.29) is 22.2 Å². The molecule has 0 aromatic heterocycles. The molecule has 0 amide bonds. The molecule has 1 atom stereocenters. The Balaban J connectivity index is 2.32. The summed E-state index contributed by atoms with van der Waals surface area (Å²) in [5.41, 5.74) is 0. The number of aliphatic hydroxyl groups is 1. The van der Waals surface area contributed by atoms with Crippen LogP contribution < -0.4 is 0 Å². The number of rotatable bonds is 2. The maximum atomic E-state index is 12.1. The highest BCUT2D eigenvalue weighted by Gasteiger charge is 2.16. The summed E-state index contributed by atoms with van der Waals surface area (Å²) in [6, 6.07) is 3.97. The lowest BCUT2D eigenvalue weighted by Gasteiger charge is -2.11. The average Bonchev–Trinajstić information content (AvgIpc) is 2.29. The minimum Gasteiger partial charge on any atom is -0.512 e. The van der Waals surface area contributed by atoms with Crippen LogP contribution in [0, 0.1) is 0 Å². The molecule has 1 aromatic carbocycles. The minimum absolute atomic E-state index is 0.0709. The van der Waals surface area contributed by atoms with E-state index in [9.17, 15) is 14.4 Å². The van der Waals surface area contributed by atoms with Crippen molar-refractivity contribution in [2.45, 2.75) is 17.7 Å². The number of benzene rings is 1. The molecule has 4 nitrogen and oxygen atoms in total. The van der Waals surface area contributed by atoms with E-state index in [4.69, 9.17) is 5.11 Å². The molecule has 1 aliphatic carbocycles. The second-order valence-corrected chi connectivity index (χ2v) is 5.21. The minimum atomic E-state index is -1.46. The molecule has 0 bridgehead atoms. The van der Waals surface area contributed by atoms with Gasteiger partial charge in [-0.15, -0.1) is 0 Å². The first-order valence-electron chi connectivity index (χ1n) is 5.10. The van der Waals surface area contributed by atoms with Crippen LogP contribution in [0.3, 0.4) is 0 Å². The van der Waals surface area contributed by atoms with E-state index in [0.717, 1.165) is 6.07 Å². The SMILES string of the molecule is O=S(C1=CC=C(O)CC1)c1ccc(O)cc1O. The van der Waals surface area contributed by atoms with Gasteiger partial charge in [-0.3, -0.25) is 0 Å². The first kappa shape index (κ1) is 11.7. The highest BCUT2D eigenvalue weighted by atomic mass is 32.2. The van der Waals surface area contributed by atoms with Crippen LogP contribution in [0.2, 0.25) is 0 Å². The molecule has 1 aromatic rings. The van der Waals surface area contributed by atoms with Gasteiger partial charge in [-0.05, 0) is 30.7 Å². The molecule has 1 aliphatic rings. The fourth-order valence-corrected chi connectivity index (χ4v) is 2.77. The number of aromatic hydroxyl groups is 2. The Hall–Kier alpha value is -1.75. The summed E-state index contributed by atoms with van der Waals surface area (Å²) in [6.45, 7) is 0. The quantitative estimate of drug-likeness (QED) is 0.754. The van der Waals surface area contributed by atoms with Crippen LogP contribution in [0.1, 0.15) is 12.8 Å². The molecular weight excluding hydrogens is 240 g/mol. The van der Waals surface area contributed by atoms with Gasteiger partial charge in [0, 0.05) is 17.4 Å². The van der Waals surface area contributed by atoms with Gasteiger partial charge in [0.2, 0.25) is 0 Å². The number of allylic oxidation sites excluding steroid dienone is 4. The lowest BCUT2D eigenvalue weighted by atomic mass is 10.2. The van der Waals surface area contributed by atoms with E-state index in [2.05, 4.69) is 0 Å². The molecule has 0 heterocycles. The molecule has 0 fully saturated rings. The zero-order valence-electron chi connectivity index (χ0n) is 8.96. The summed E-state index contributed by atoms with van der Waals surface area (Å²) in [4.78, 5) is 0.910. The van der Waals surface area contributed by atoms with Gasteiger partial charge in [0.1, 0.15) is 11.5 Å². The molecule has 0 radical (unpaired) electrons. The van der Waals surface area contributed by atoms with Crippen LogP contribution in [-0.2, 0) is 10.8 Å². The van der Waals surface area contributed by atoms with E-state index in [1.807, 2.05) is 0 Å². The van der Waals surface area contributed by atoms with Crippen molar-refractivity contribution in [2.75, 3.05) is 0 Å². The number of phenols is 2. The van der Waals surface area contributed by atoms with Crippen molar-refractivity contribution in [3.8, 4) is 11.5 Å². The highest BCUT2D eigenvalue weighted by molar-refractivity contribution is 7.89. The summed E-state index contributed by atoms with van der Waals surface area (Å²) in [7, 11) is -1.46. The van der Waals surface area contributed by atoms with Crippen molar-refractivity contribution in [3.63, 3.8) is 0 Å².